The number of hydrogen-bond donors (Lipinski definition) is 1. The SMILES string of the molecule is Cc1ccc(COc2ccc(/C=N\NC(=O)C[C@H]3CCS(=O)(=O)C3)cc2)cc1. The lowest BCUT2D eigenvalue weighted by Crippen LogP contribution is -2.21. The number of hydrogen-bond acceptors (Lipinski definition) is 5. The number of nitrogens with zero attached hydrogens (tertiary/aromatic N) is 1. The Labute approximate surface area is 165 Å². The fourth-order valence-corrected chi connectivity index (χ4v) is 4.88. The minimum Gasteiger partial charge on any atom is -0.489 e. The Balaban J connectivity index is 1.43. The summed E-state index contributed by atoms with van der Waals surface area (Å²) in [5.74, 6) is 0.645. The molecule has 7 heteroatoms. The molecule has 2 aromatic carbocycles. The molecule has 0 saturated carbocycles. The van der Waals surface area contributed by atoms with Gasteiger partial charge in [-0.2, -0.15) is 5.10 Å². The quantitative estimate of drug-likeness (QED) is 0.572. The first kappa shape index (κ1) is 20.1. The summed E-state index contributed by atoms with van der Waals surface area (Å²) >= 11 is 0. The molecule has 0 unspecified atom stereocenters. The largest absolute Gasteiger partial charge is 0.489 e. The van der Waals surface area contributed by atoms with Crippen LogP contribution < -0.4 is 10.2 Å². The van der Waals surface area contributed by atoms with Gasteiger partial charge in [0.25, 0.3) is 0 Å². The van der Waals surface area contributed by atoms with Crippen molar-refractivity contribution in [3.63, 3.8) is 0 Å². The van der Waals surface area contributed by atoms with Crippen LogP contribution in [0.2, 0.25) is 0 Å². The van der Waals surface area contributed by atoms with Crippen LogP contribution in [0.4, 0.5) is 0 Å². The van der Waals surface area contributed by atoms with Crippen LogP contribution in [0.15, 0.2) is 53.6 Å². The number of ether oxygens (including phenoxy) is 1. The Morgan fingerprint density at radius 3 is 2.54 bits per heavy atom. The summed E-state index contributed by atoms with van der Waals surface area (Å²) in [6.07, 6.45) is 2.28. The van der Waals surface area contributed by atoms with E-state index in [4.69, 9.17) is 4.74 Å². The minimum atomic E-state index is -2.96. The van der Waals surface area contributed by atoms with E-state index in [0.29, 0.717) is 13.0 Å². The van der Waals surface area contributed by atoms with Gasteiger partial charge in [-0.15, -0.1) is 0 Å². The number of carbonyl (C=O) groups excluding carboxylic acids is 1. The predicted molar refractivity (Wildman–Crippen MR) is 109 cm³/mol. The molecule has 0 aliphatic carbocycles. The molecule has 6 nitrogen and oxygen atoms in total. The third-order valence-electron chi connectivity index (χ3n) is 4.61. The average Bonchev–Trinajstić information content (AvgIpc) is 3.00. The lowest BCUT2D eigenvalue weighted by molar-refractivity contribution is -0.121. The maximum Gasteiger partial charge on any atom is 0.240 e. The van der Waals surface area contributed by atoms with Gasteiger partial charge in [0.2, 0.25) is 5.91 Å². The van der Waals surface area contributed by atoms with Crippen LogP contribution in [0.5, 0.6) is 5.75 Å². The third kappa shape index (κ3) is 6.20. The fourth-order valence-electron chi connectivity index (χ4n) is 3.02. The molecule has 1 fully saturated rings. The molecule has 148 valence electrons. The number of amides is 1. The normalized spacial score (nSPS) is 18.2. The fraction of sp³-hybridized carbons (Fsp3) is 0.333. The van der Waals surface area contributed by atoms with Crippen molar-refractivity contribution in [2.75, 3.05) is 11.5 Å². The highest BCUT2D eigenvalue weighted by Gasteiger charge is 2.29. The zero-order chi connectivity index (χ0) is 20.0. The van der Waals surface area contributed by atoms with Crippen LogP contribution in [0.1, 0.15) is 29.5 Å². The van der Waals surface area contributed by atoms with E-state index in [-0.39, 0.29) is 29.8 Å². The summed E-state index contributed by atoms with van der Waals surface area (Å²) in [7, 11) is -2.96. The van der Waals surface area contributed by atoms with E-state index < -0.39 is 9.84 Å². The average molecular weight is 401 g/mol. The molecule has 3 rings (SSSR count). The van der Waals surface area contributed by atoms with E-state index in [9.17, 15) is 13.2 Å². The molecule has 1 N–H and O–H groups in total. The van der Waals surface area contributed by atoms with Gasteiger partial charge < -0.3 is 4.74 Å². The summed E-state index contributed by atoms with van der Waals surface area (Å²) in [6.45, 7) is 2.55. The molecule has 0 spiro atoms. The Hall–Kier alpha value is -2.67. The number of hydrazone groups is 1. The van der Waals surface area contributed by atoms with Gasteiger partial charge in [0.05, 0.1) is 17.7 Å². The van der Waals surface area contributed by atoms with Crippen LogP contribution in [-0.2, 0) is 21.2 Å². The molecule has 1 amide bonds. The standard InChI is InChI=1S/C21H24N2O4S/c1-16-2-4-18(5-3-16)14-27-20-8-6-17(7-9-20)13-22-23-21(24)12-19-10-11-28(25,26)15-19/h2-9,13,19H,10-12,14-15H2,1H3,(H,23,24)/b22-13-/t19-/m1/s1. The second-order valence-electron chi connectivity index (χ2n) is 7.11. The van der Waals surface area contributed by atoms with E-state index in [1.165, 1.54) is 5.56 Å². The number of aryl methyl sites for hydroxylation is 1. The van der Waals surface area contributed by atoms with E-state index in [0.717, 1.165) is 16.9 Å². The van der Waals surface area contributed by atoms with E-state index >= 15 is 0 Å². The number of benzene rings is 2. The number of rotatable bonds is 7. The smallest absolute Gasteiger partial charge is 0.240 e. The van der Waals surface area contributed by atoms with E-state index in [1.54, 1.807) is 6.21 Å². The maximum absolute atomic E-state index is 11.9. The monoisotopic (exact) mass is 400 g/mol. The predicted octanol–water partition coefficient (Wildman–Crippen LogP) is 2.85. The summed E-state index contributed by atoms with van der Waals surface area (Å²) in [4.78, 5) is 11.9. The van der Waals surface area contributed by atoms with E-state index in [1.807, 2.05) is 43.3 Å². The molecule has 1 atom stereocenters. The molecule has 1 aliphatic heterocycles. The van der Waals surface area contributed by atoms with Crippen molar-refractivity contribution in [1.29, 1.82) is 0 Å². The molecular weight excluding hydrogens is 376 g/mol. The lowest BCUT2D eigenvalue weighted by Gasteiger charge is -2.07. The van der Waals surface area contributed by atoms with Crippen molar-refractivity contribution in [3.8, 4) is 5.75 Å². The van der Waals surface area contributed by atoms with Gasteiger partial charge in [-0.25, -0.2) is 13.8 Å². The molecule has 2 aromatic rings. The van der Waals surface area contributed by atoms with Gasteiger partial charge in [0.1, 0.15) is 12.4 Å². The summed E-state index contributed by atoms with van der Waals surface area (Å²) < 4.78 is 28.6. The third-order valence-corrected chi connectivity index (χ3v) is 6.45. The number of carbonyl (C=O) groups is 1. The second kappa shape index (κ2) is 9.01. The number of nitrogens with one attached hydrogen (secondary N) is 1. The molecule has 28 heavy (non-hydrogen) atoms. The Morgan fingerprint density at radius 2 is 1.89 bits per heavy atom. The van der Waals surface area contributed by atoms with Crippen molar-refractivity contribution >= 4 is 22.0 Å². The van der Waals surface area contributed by atoms with Crippen molar-refractivity contribution in [3.05, 3.63) is 65.2 Å². The van der Waals surface area contributed by atoms with Crippen molar-refractivity contribution in [1.82, 2.24) is 5.43 Å². The zero-order valence-corrected chi connectivity index (χ0v) is 16.6. The van der Waals surface area contributed by atoms with Gasteiger partial charge in [-0.05, 0) is 54.7 Å². The van der Waals surface area contributed by atoms with Gasteiger partial charge in [-0.3, -0.25) is 4.79 Å². The molecule has 1 saturated heterocycles. The van der Waals surface area contributed by atoms with Crippen LogP contribution in [0, 0.1) is 12.8 Å². The molecule has 1 aliphatic rings. The van der Waals surface area contributed by atoms with Gasteiger partial charge in [-0.1, -0.05) is 29.8 Å². The minimum absolute atomic E-state index is 0.0915. The molecule has 0 bridgehead atoms. The van der Waals surface area contributed by atoms with Crippen LogP contribution in [0.3, 0.4) is 0 Å². The van der Waals surface area contributed by atoms with Crippen molar-refractivity contribution < 1.29 is 17.9 Å². The Bertz CT molecular complexity index is 935. The van der Waals surface area contributed by atoms with Crippen molar-refractivity contribution in [2.45, 2.75) is 26.4 Å². The summed E-state index contributed by atoms with van der Waals surface area (Å²) in [5.41, 5.74) is 5.60. The highest BCUT2D eigenvalue weighted by atomic mass is 32.2. The summed E-state index contributed by atoms with van der Waals surface area (Å²) in [6, 6.07) is 15.6. The first-order chi connectivity index (χ1) is 13.4. The highest BCUT2D eigenvalue weighted by molar-refractivity contribution is 7.91. The number of sulfone groups is 1. The topological polar surface area (TPSA) is 84.8 Å². The van der Waals surface area contributed by atoms with Crippen molar-refractivity contribution in [2.24, 2.45) is 11.0 Å². The highest BCUT2D eigenvalue weighted by Crippen LogP contribution is 2.21. The summed E-state index contributed by atoms with van der Waals surface area (Å²) in [5, 5.41) is 3.94. The zero-order valence-electron chi connectivity index (χ0n) is 15.8. The molecule has 0 aromatic heterocycles. The first-order valence-electron chi connectivity index (χ1n) is 9.20. The van der Waals surface area contributed by atoms with Crippen LogP contribution >= 0.6 is 0 Å². The molecule has 1 heterocycles. The Morgan fingerprint density at radius 1 is 1.18 bits per heavy atom. The van der Waals surface area contributed by atoms with Gasteiger partial charge >= 0.3 is 0 Å². The van der Waals surface area contributed by atoms with Gasteiger partial charge in [0.15, 0.2) is 9.84 Å². The van der Waals surface area contributed by atoms with Crippen LogP contribution in [0.25, 0.3) is 0 Å². The lowest BCUT2D eigenvalue weighted by atomic mass is 10.1. The van der Waals surface area contributed by atoms with E-state index in [2.05, 4.69) is 22.7 Å². The maximum atomic E-state index is 11.9. The van der Waals surface area contributed by atoms with Gasteiger partial charge in [0, 0.05) is 6.42 Å². The molecule has 0 radical (unpaired) electrons. The molecular formula is C21H24N2O4S. The first-order valence-corrected chi connectivity index (χ1v) is 11.0. The Kier molecular flexibility index (Phi) is 6.46. The van der Waals surface area contributed by atoms with Crippen LogP contribution in [-0.4, -0.2) is 32.0 Å². The second-order valence-corrected chi connectivity index (χ2v) is 9.34.